The Morgan fingerprint density at radius 3 is 2.48 bits per heavy atom. The second-order valence-corrected chi connectivity index (χ2v) is 7.01. The van der Waals surface area contributed by atoms with Gasteiger partial charge in [-0.2, -0.15) is 0 Å². The zero-order valence-corrected chi connectivity index (χ0v) is 17.6. The van der Waals surface area contributed by atoms with Crippen molar-refractivity contribution in [1.82, 2.24) is 5.32 Å². The highest BCUT2D eigenvalue weighted by Gasteiger charge is 2.09. The highest BCUT2D eigenvalue weighted by Crippen LogP contribution is 2.24. The van der Waals surface area contributed by atoms with Crippen molar-refractivity contribution in [1.29, 1.82) is 0 Å². The Morgan fingerprint density at radius 2 is 1.68 bits per heavy atom. The number of amides is 2. The summed E-state index contributed by atoms with van der Waals surface area (Å²) in [6.07, 6.45) is 0.865. The lowest BCUT2D eigenvalue weighted by Gasteiger charge is -2.13. The summed E-state index contributed by atoms with van der Waals surface area (Å²) in [6.45, 7) is 3.12. The molecular weight excluding hydrogens is 390 g/mol. The molecule has 3 aromatic rings. The zero-order chi connectivity index (χ0) is 21.9. The third-order valence-electron chi connectivity index (χ3n) is 4.51. The summed E-state index contributed by atoms with van der Waals surface area (Å²) in [5.41, 5.74) is 2.89. The topological polar surface area (TPSA) is 79.5 Å². The Bertz CT molecular complexity index is 1010. The summed E-state index contributed by atoms with van der Waals surface area (Å²) in [5.74, 6) is 0.304. The normalized spacial score (nSPS) is 10.2. The van der Waals surface area contributed by atoms with E-state index in [-0.39, 0.29) is 18.4 Å². The fourth-order valence-electron chi connectivity index (χ4n) is 2.93. The lowest BCUT2D eigenvalue weighted by Crippen LogP contribution is -2.25. The van der Waals surface area contributed by atoms with Gasteiger partial charge < -0.3 is 20.7 Å². The van der Waals surface area contributed by atoms with Gasteiger partial charge in [-0.05, 0) is 42.3 Å². The third-order valence-corrected chi connectivity index (χ3v) is 4.51. The van der Waals surface area contributed by atoms with E-state index in [1.165, 1.54) is 0 Å². The van der Waals surface area contributed by atoms with E-state index < -0.39 is 0 Å². The zero-order valence-electron chi connectivity index (χ0n) is 17.6. The minimum Gasteiger partial charge on any atom is -0.487 e. The smallest absolute Gasteiger partial charge is 0.251 e. The van der Waals surface area contributed by atoms with Gasteiger partial charge in [0, 0.05) is 17.8 Å². The average molecular weight is 418 g/mol. The van der Waals surface area contributed by atoms with Gasteiger partial charge in [0.2, 0.25) is 5.91 Å². The number of benzene rings is 3. The Balaban J connectivity index is 1.55. The van der Waals surface area contributed by atoms with Crippen LogP contribution in [0.1, 0.15) is 29.3 Å². The number of carbonyl (C=O) groups excluding carboxylic acids is 2. The molecule has 0 atom stereocenters. The molecule has 0 heterocycles. The minimum absolute atomic E-state index is 0.0674. The van der Waals surface area contributed by atoms with Gasteiger partial charge >= 0.3 is 0 Å². The quantitative estimate of drug-likeness (QED) is 0.455. The van der Waals surface area contributed by atoms with Crippen LogP contribution in [0.2, 0.25) is 0 Å². The second kappa shape index (κ2) is 11.4. The molecule has 3 aromatic carbocycles. The summed E-state index contributed by atoms with van der Waals surface area (Å²) in [4.78, 5) is 24.5. The van der Waals surface area contributed by atoms with Crippen LogP contribution in [0.25, 0.3) is 0 Å². The van der Waals surface area contributed by atoms with Crippen LogP contribution >= 0.6 is 0 Å². The number of hydrogen-bond donors (Lipinski definition) is 3. The van der Waals surface area contributed by atoms with Crippen LogP contribution in [-0.4, -0.2) is 24.9 Å². The minimum atomic E-state index is -0.219. The van der Waals surface area contributed by atoms with Crippen LogP contribution in [0, 0.1) is 0 Å². The van der Waals surface area contributed by atoms with Gasteiger partial charge in [0.15, 0.2) is 0 Å². The van der Waals surface area contributed by atoms with E-state index in [1.54, 1.807) is 24.3 Å². The molecule has 0 aromatic heterocycles. The first kappa shape index (κ1) is 21.9. The van der Waals surface area contributed by atoms with Crippen molar-refractivity contribution in [2.75, 3.05) is 23.7 Å². The molecule has 0 unspecified atom stereocenters. The summed E-state index contributed by atoms with van der Waals surface area (Å²) in [7, 11) is 0. The number of nitrogens with one attached hydrogen (secondary N) is 3. The third kappa shape index (κ3) is 6.89. The monoisotopic (exact) mass is 417 g/mol. The molecule has 0 aliphatic rings. The fourth-order valence-corrected chi connectivity index (χ4v) is 2.93. The van der Waals surface area contributed by atoms with Crippen molar-refractivity contribution in [2.45, 2.75) is 20.0 Å². The van der Waals surface area contributed by atoms with Crippen molar-refractivity contribution < 1.29 is 14.3 Å². The molecule has 0 aliphatic carbocycles. The van der Waals surface area contributed by atoms with Gasteiger partial charge in [0.1, 0.15) is 12.4 Å². The standard InChI is InChI=1S/C25H27N3O3/c1-2-15-26-25(30)20-11-8-12-21(16-20)28-24(29)17-27-22-13-6-7-14-23(22)31-18-19-9-4-3-5-10-19/h3-14,16,27H,2,15,17-18H2,1H3,(H,26,30)(H,28,29). The fraction of sp³-hybridized carbons (Fsp3) is 0.200. The van der Waals surface area contributed by atoms with E-state index in [0.717, 1.165) is 17.7 Å². The number of rotatable bonds is 10. The summed E-state index contributed by atoms with van der Waals surface area (Å²) >= 11 is 0. The first-order chi connectivity index (χ1) is 15.2. The summed E-state index contributed by atoms with van der Waals surface area (Å²) < 4.78 is 5.91. The van der Waals surface area contributed by atoms with Gasteiger partial charge in [-0.3, -0.25) is 9.59 Å². The maximum absolute atomic E-state index is 12.4. The van der Waals surface area contributed by atoms with E-state index in [4.69, 9.17) is 4.74 Å². The highest BCUT2D eigenvalue weighted by atomic mass is 16.5. The van der Waals surface area contributed by atoms with Crippen molar-refractivity contribution in [3.05, 3.63) is 90.0 Å². The van der Waals surface area contributed by atoms with Crippen LogP contribution in [0.5, 0.6) is 5.75 Å². The maximum atomic E-state index is 12.4. The molecule has 3 N–H and O–H groups in total. The van der Waals surface area contributed by atoms with Crippen LogP contribution in [0.3, 0.4) is 0 Å². The summed E-state index contributed by atoms with van der Waals surface area (Å²) in [6, 6.07) is 24.3. The molecule has 0 aliphatic heterocycles. The number of ether oxygens (including phenoxy) is 1. The lowest BCUT2D eigenvalue weighted by atomic mass is 10.2. The Hall–Kier alpha value is -3.80. The molecule has 160 valence electrons. The van der Waals surface area contributed by atoms with E-state index in [0.29, 0.717) is 30.2 Å². The molecule has 0 saturated heterocycles. The van der Waals surface area contributed by atoms with E-state index in [2.05, 4.69) is 16.0 Å². The van der Waals surface area contributed by atoms with Crippen LogP contribution < -0.4 is 20.7 Å². The predicted molar refractivity (Wildman–Crippen MR) is 123 cm³/mol. The number of anilines is 2. The van der Waals surface area contributed by atoms with Gasteiger partial charge in [-0.15, -0.1) is 0 Å². The summed E-state index contributed by atoms with van der Waals surface area (Å²) in [5, 5.41) is 8.76. The first-order valence-corrected chi connectivity index (χ1v) is 10.3. The van der Waals surface area contributed by atoms with Crippen LogP contribution in [0.15, 0.2) is 78.9 Å². The molecule has 0 fully saturated rings. The van der Waals surface area contributed by atoms with Gasteiger partial charge in [-0.1, -0.05) is 55.5 Å². The number of carbonyl (C=O) groups is 2. The van der Waals surface area contributed by atoms with Gasteiger partial charge in [-0.25, -0.2) is 0 Å². The molecule has 2 amide bonds. The van der Waals surface area contributed by atoms with Crippen molar-refractivity contribution in [3.63, 3.8) is 0 Å². The molecular formula is C25H27N3O3. The molecule has 0 saturated carbocycles. The van der Waals surface area contributed by atoms with Crippen LogP contribution in [-0.2, 0) is 11.4 Å². The average Bonchev–Trinajstić information content (AvgIpc) is 2.81. The molecule has 31 heavy (non-hydrogen) atoms. The molecule has 6 heteroatoms. The van der Waals surface area contributed by atoms with E-state index in [1.807, 2.05) is 61.5 Å². The molecule has 6 nitrogen and oxygen atoms in total. The van der Waals surface area contributed by atoms with E-state index in [9.17, 15) is 9.59 Å². The predicted octanol–water partition coefficient (Wildman–Crippen LogP) is 4.46. The van der Waals surface area contributed by atoms with Gasteiger partial charge in [0.05, 0.1) is 12.2 Å². The molecule has 0 radical (unpaired) electrons. The molecule has 3 rings (SSSR count). The Labute approximate surface area is 182 Å². The first-order valence-electron chi connectivity index (χ1n) is 10.3. The van der Waals surface area contributed by atoms with Crippen molar-refractivity contribution in [3.8, 4) is 5.75 Å². The lowest BCUT2D eigenvalue weighted by molar-refractivity contribution is -0.114. The number of para-hydroxylation sites is 2. The van der Waals surface area contributed by atoms with Crippen molar-refractivity contribution >= 4 is 23.2 Å². The second-order valence-electron chi connectivity index (χ2n) is 7.01. The highest BCUT2D eigenvalue weighted by molar-refractivity contribution is 5.98. The Kier molecular flexibility index (Phi) is 8.05. The van der Waals surface area contributed by atoms with E-state index >= 15 is 0 Å². The SMILES string of the molecule is CCCNC(=O)c1cccc(NC(=O)CNc2ccccc2OCc2ccccc2)c1. The van der Waals surface area contributed by atoms with Crippen molar-refractivity contribution in [2.24, 2.45) is 0 Å². The molecule has 0 bridgehead atoms. The largest absolute Gasteiger partial charge is 0.487 e. The Morgan fingerprint density at radius 1 is 0.903 bits per heavy atom. The van der Waals surface area contributed by atoms with Gasteiger partial charge in [0.25, 0.3) is 5.91 Å². The maximum Gasteiger partial charge on any atom is 0.251 e. The van der Waals surface area contributed by atoms with Crippen LogP contribution in [0.4, 0.5) is 11.4 Å². The number of hydrogen-bond acceptors (Lipinski definition) is 4. The molecule has 0 spiro atoms.